The molecule has 5 heteroatoms. The highest BCUT2D eigenvalue weighted by Crippen LogP contribution is 2.44. The van der Waals surface area contributed by atoms with Crippen molar-refractivity contribution in [1.29, 1.82) is 0 Å². The zero-order valence-corrected chi connectivity index (χ0v) is 17.6. The van der Waals surface area contributed by atoms with E-state index in [2.05, 4.69) is 59.6 Å². The molecule has 1 N–H and O–H groups in total. The third-order valence-electron chi connectivity index (χ3n) is 6.91. The number of hydrogen-bond acceptors (Lipinski definition) is 3. The molecule has 30 heavy (non-hydrogen) atoms. The SMILES string of the molecule is CN(C)C1CCC2(CC1c1ccccc1)CN(c1cccc3cnccc13)C(=O)N2. The van der Waals surface area contributed by atoms with E-state index in [4.69, 9.17) is 0 Å². The Morgan fingerprint density at radius 3 is 2.73 bits per heavy atom. The van der Waals surface area contributed by atoms with Crippen LogP contribution in [0.5, 0.6) is 0 Å². The van der Waals surface area contributed by atoms with Crippen LogP contribution in [0, 0.1) is 0 Å². The molecule has 1 aromatic heterocycles. The first-order valence-electron chi connectivity index (χ1n) is 10.7. The number of nitrogens with one attached hydrogen (secondary N) is 1. The second-order valence-corrected chi connectivity index (χ2v) is 8.96. The highest BCUT2D eigenvalue weighted by molar-refractivity contribution is 6.04. The van der Waals surface area contributed by atoms with Crippen molar-refractivity contribution in [3.05, 3.63) is 72.6 Å². The molecule has 3 atom stereocenters. The minimum Gasteiger partial charge on any atom is -0.330 e. The Morgan fingerprint density at radius 1 is 1.10 bits per heavy atom. The molecule has 1 saturated carbocycles. The van der Waals surface area contributed by atoms with E-state index in [1.807, 2.05) is 35.4 Å². The lowest BCUT2D eigenvalue weighted by Gasteiger charge is -2.45. The number of carbonyl (C=O) groups is 1. The summed E-state index contributed by atoms with van der Waals surface area (Å²) in [4.78, 5) is 21.6. The molecule has 2 heterocycles. The van der Waals surface area contributed by atoms with E-state index in [-0.39, 0.29) is 11.6 Å². The molecule has 2 fully saturated rings. The smallest absolute Gasteiger partial charge is 0.322 e. The number of rotatable bonds is 3. The molecule has 0 radical (unpaired) electrons. The highest BCUT2D eigenvalue weighted by Gasteiger charge is 2.49. The van der Waals surface area contributed by atoms with Crippen LogP contribution >= 0.6 is 0 Å². The maximum atomic E-state index is 13.1. The van der Waals surface area contributed by atoms with Gasteiger partial charge >= 0.3 is 6.03 Å². The Morgan fingerprint density at radius 2 is 1.93 bits per heavy atom. The summed E-state index contributed by atoms with van der Waals surface area (Å²) < 4.78 is 0. The van der Waals surface area contributed by atoms with Crippen molar-refractivity contribution >= 4 is 22.5 Å². The average Bonchev–Trinajstić information content (AvgIpc) is 3.08. The fraction of sp³-hybridized carbons (Fsp3) is 0.360. The van der Waals surface area contributed by atoms with Gasteiger partial charge in [-0.15, -0.1) is 0 Å². The van der Waals surface area contributed by atoms with Gasteiger partial charge in [0.25, 0.3) is 0 Å². The highest BCUT2D eigenvalue weighted by atomic mass is 16.2. The van der Waals surface area contributed by atoms with Gasteiger partial charge in [0.1, 0.15) is 0 Å². The van der Waals surface area contributed by atoms with Crippen molar-refractivity contribution in [2.24, 2.45) is 0 Å². The Bertz CT molecular complexity index is 1060. The topological polar surface area (TPSA) is 48.5 Å². The summed E-state index contributed by atoms with van der Waals surface area (Å²) in [6.07, 6.45) is 6.67. The van der Waals surface area contributed by atoms with Crippen LogP contribution in [-0.4, -0.2) is 48.1 Å². The molecule has 2 amide bonds. The number of benzene rings is 2. The van der Waals surface area contributed by atoms with Crippen LogP contribution in [0.3, 0.4) is 0 Å². The van der Waals surface area contributed by atoms with Crippen LogP contribution in [0.25, 0.3) is 10.8 Å². The van der Waals surface area contributed by atoms with Crippen LogP contribution in [0.2, 0.25) is 0 Å². The van der Waals surface area contributed by atoms with Crippen LogP contribution in [0.4, 0.5) is 10.5 Å². The summed E-state index contributed by atoms with van der Waals surface area (Å²) in [5.74, 6) is 0.395. The third kappa shape index (κ3) is 3.23. The Kier molecular flexibility index (Phi) is 4.70. The zero-order chi connectivity index (χ0) is 20.7. The number of likely N-dealkylation sites (N-methyl/N-ethyl adjacent to an activating group) is 1. The standard InChI is InChI=1S/C25H28N4O/c1-28(2)22-11-13-25(15-21(22)18-7-4-3-5-8-18)17-29(24(30)27-25)23-10-6-9-19-16-26-14-12-20(19)23/h3-10,12,14,16,21-22H,11,13,15,17H2,1-2H3,(H,27,30). The molecule has 1 spiro atoms. The minimum absolute atomic E-state index is 0.00873. The van der Waals surface area contributed by atoms with Crippen LogP contribution in [-0.2, 0) is 0 Å². The van der Waals surface area contributed by atoms with Gasteiger partial charge in [-0.1, -0.05) is 42.5 Å². The maximum Gasteiger partial charge on any atom is 0.322 e. The van der Waals surface area contributed by atoms with E-state index in [1.165, 1.54) is 5.56 Å². The van der Waals surface area contributed by atoms with E-state index < -0.39 is 0 Å². The molecule has 154 valence electrons. The van der Waals surface area contributed by atoms with Gasteiger partial charge in [0.15, 0.2) is 0 Å². The summed E-state index contributed by atoms with van der Waals surface area (Å²) >= 11 is 0. The van der Waals surface area contributed by atoms with Crippen molar-refractivity contribution in [2.75, 3.05) is 25.5 Å². The lowest BCUT2D eigenvalue weighted by Crippen LogP contribution is -2.52. The Labute approximate surface area is 177 Å². The fourth-order valence-corrected chi connectivity index (χ4v) is 5.44. The van der Waals surface area contributed by atoms with E-state index in [0.29, 0.717) is 18.5 Å². The normalized spacial score (nSPS) is 26.5. The van der Waals surface area contributed by atoms with E-state index in [0.717, 1.165) is 35.7 Å². The number of fused-ring (bicyclic) bond motifs is 1. The van der Waals surface area contributed by atoms with Crippen molar-refractivity contribution < 1.29 is 4.79 Å². The van der Waals surface area contributed by atoms with Crippen LogP contribution < -0.4 is 10.2 Å². The first kappa shape index (κ1) is 19.1. The largest absolute Gasteiger partial charge is 0.330 e. The number of carbonyl (C=O) groups excluding carboxylic acids is 1. The summed E-state index contributed by atoms with van der Waals surface area (Å²) in [6.45, 7) is 0.705. The molecule has 1 aliphatic heterocycles. The molecular weight excluding hydrogens is 372 g/mol. The lowest BCUT2D eigenvalue weighted by molar-refractivity contribution is 0.142. The molecule has 1 aliphatic carbocycles. The summed E-state index contributed by atoms with van der Waals surface area (Å²) in [5, 5.41) is 5.52. The van der Waals surface area contributed by atoms with Gasteiger partial charge in [-0.05, 0) is 51.1 Å². The molecule has 5 nitrogen and oxygen atoms in total. The molecular formula is C25H28N4O. The number of amides is 2. The molecule has 2 aromatic carbocycles. The van der Waals surface area contributed by atoms with Gasteiger partial charge in [-0.2, -0.15) is 0 Å². The van der Waals surface area contributed by atoms with E-state index >= 15 is 0 Å². The van der Waals surface area contributed by atoms with Crippen molar-refractivity contribution in [3.8, 4) is 0 Å². The molecule has 3 unspecified atom stereocenters. The number of nitrogens with zero attached hydrogens (tertiary/aromatic N) is 3. The first-order valence-corrected chi connectivity index (χ1v) is 10.7. The van der Waals surface area contributed by atoms with Gasteiger partial charge in [0.05, 0.1) is 17.8 Å². The second-order valence-electron chi connectivity index (χ2n) is 8.96. The van der Waals surface area contributed by atoms with Gasteiger partial charge in [0.2, 0.25) is 0 Å². The molecule has 0 bridgehead atoms. The lowest BCUT2D eigenvalue weighted by atomic mass is 9.70. The molecule has 1 saturated heterocycles. The van der Waals surface area contributed by atoms with E-state index in [9.17, 15) is 4.79 Å². The van der Waals surface area contributed by atoms with Crippen molar-refractivity contribution in [3.63, 3.8) is 0 Å². The number of anilines is 1. The Hall–Kier alpha value is -2.92. The average molecular weight is 401 g/mol. The quantitative estimate of drug-likeness (QED) is 0.709. The summed E-state index contributed by atoms with van der Waals surface area (Å²) in [5.41, 5.74) is 2.13. The monoisotopic (exact) mass is 400 g/mol. The Balaban J connectivity index is 1.48. The summed E-state index contributed by atoms with van der Waals surface area (Å²) in [7, 11) is 4.34. The predicted molar refractivity (Wildman–Crippen MR) is 121 cm³/mol. The number of aromatic nitrogens is 1. The zero-order valence-electron chi connectivity index (χ0n) is 17.6. The summed E-state index contributed by atoms with van der Waals surface area (Å²) in [6, 6.07) is 19.3. The van der Waals surface area contributed by atoms with E-state index in [1.54, 1.807) is 6.20 Å². The molecule has 2 aliphatic rings. The van der Waals surface area contributed by atoms with Gasteiger partial charge < -0.3 is 10.2 Å². The number of urea groups is 1. The molecule has 3 aromatic rings. The van der Waals surface area contributed by atoms with Crippen molar-refractivity contribution in [2.45, 2.75) is 36.8 Å². The van der Waals surface area contributed by atoms with Crippen molar-refractivity contribution in [1.82, 2.24) is 15.2 Å². The van der Waals surface area contributed by atoms with Gasteiger partial charge in [0, 0.05) is 35.1 Å². The number of pyridine rings is 1. The van der Waals surface area contributed by atoms with Gasteiger partial charge in [-0.3, -0.25) is 9.88 Å². The third-order valence-corrected chi connectivity index (χ3v) is 6.91. The number of hydrogen-bond donors (Lipinski definition) is 1. The fourth-order valence-electron chi connectivity index (χ4n) is 5.44. The minimum atomic E-state index is -0.195. The first-order chi connectivity index (χ1) is 14.6. The molecule has 5 rings (SSSR count). The predicted octanol–water partition coefficient (Wildman–Crippen LogP) is 4.40. The van der Waals surface area contributed by atoms with Crippen LogP contribution in [0.15, 0.2) is 67.0 Å². The second kappa shape index (κ2) is 7.40. The van der Waals surface area contributed by atoms with Gasteiger partial charge in [-0.25, -0.2) is 4.79 Å². The maximum absolute atomic E-state index is 13.1. The van der Waals surface area contributed by atoms with Crippen LogP contribution in [0.1, 0.15) is 30.7 Å².